The Morgan fingerprint density at radius 3 is 2.91 bits per heavy atom. The lowest BCUT2D eigenvalue weighted by Gasteiger charge is -2.37. The summed E-state index contributed by atoms with van der Waals surface area (Å²) in [5, 5.41) is 7.63. The van der Waals surface area contributed by atoms with Gasteiger partial charge in [0.05, 0.1) is 11.9 Å². The molecule has 2 atom stereocenters. The molecule has 0 bridgehead atoms. The van der Waals surface area contributed by atoms with Gasteiger partial charge in [0.1, 0.15) is 4.90 Å². The van der Waals surface area contributed by atoms with Crippen LogP contribution < -0.4 is 5.32 Å². The van der Waals surface area contributed by atoms with E-state index in [1.807, 2.05) is 13.8 Å². The molecule has 0 spiro atoms. The smallest absolute Gasteiger partial charge is 0.246 e. The second kappa shape index (κ2) is 6.29. The predicted molar refractivity (Wildman–Crippen MR) is 85.1 cm³/mol. The van der Waals surface area contributed by atoms with Gasteiger partial charge in [-0.3, -0.25) is 4.68 Å². The lowest BCUT2D eigenvalue weighted by Crippen LogP contribution is -2.50. The van der Waals surface area contributed by atoms with E-state index in [4.69, 9.17) is 0 Å². The van der Waals surface area contributed by atoms with Gasteiger partial charge in [-0.1, -0.05) is 6.42 Å². The van der Waals surface area contributed by atoms with Crippen molar-refractivity contribution in [1.82, 2.24) is 19.4 Å². The van der Waals surface area contributed by atoms with Crippen molar-refractivity contribution in [3.8, 4) is 0 Å². The van der Waals surface area contributed by atoms with Crippen LogP contribution in [-0.2, 0) is 16.6 Å². The molecular weight excluding hydrogens is 300 g/mol. The summed E-state index contributed by atoms with van der Waals surface area (Å²) in [5.41, 5.74) is 0.747. The van der Waals surface area contributed by atoms with Crippen LogP contribution in [0.2, 0.25) is 0 Å². The molecule has 2 aliphatic heterocycles. The zero-order chi connectivity index (χ0) is 15.7. The van der Waals surface area contributed by atoms with E-state index in [1.165, 1.54) is 6.20 Å². The van der Waals surface area contributed by atoms with E-state index < -0.39 is 10.0 Å². The minimum Gasteiger partial charge on any atom is -0.316 e. The minimum atomic E-state index is -3.45. The molecule has 1 N–H and O–H groups in total. The number of piperidine rings is 1. The SMILES string of the molecule is CCn1ncc(S(=O)(=O)N2CCCC[C@H]3CNCC[C@H]32)c1C. The summed E-state index contributed by atoms with van der Waals surface area (Å²) in [6.45, 7) is 6.99. The zero-order valence-electron chi connectivity index (χ0n) is 13.5. The van der Waals surface area contributed by atoms with E-state index in [0.29, 0.717) is 23.9 Å². The number of rotatable bonds is 3. The Morgan fingerprint density at radius 2 is 2.18 bits per heavy atom. The lowest BCUT2D eigenvalue weighted by molar-refractivity contribution is 0.203. The molecular formula is C15H26N4O2S. The molecule has 2 fully saturated rings. The van der Waals surface area contributed by atoms with Gasteiger partial charge in [-0.15, -0.1) is 0 Å². The van der Waals surface area contributed by atoms with E-state index >= 15 is 0 Å². The molecule has 0 saturated carbocycles. The summed E-state index contributed by atoms with van der Waals surface area (Å²) in [4.78, 5) is 0.383. The topological polar surface area (TPSA) is 67.2 Å². The molecule has 124 valence electrons. The van der Waals surface area contributed by atoms with Crippen LogP contribution in [0.25, 0.3) is 0 Å². The van der Waals surface area contributed by atoms with E-state index in [1.54, 1.807) is 8.99 Å². The van der Waals surface area contributed by atoms with Crippen molar-refractivity contribution >= 4 is 10.0 Å². The number of aryl methyl sites for hydroxylation is 1. The molecule has 0 unspecified atom stereocenters. The Labute approximate surface area is 132 Å². The van der Waals surface area contributed by atoms with Crippen LogP contribution in [0.5, 0.6) is 0 Å². The van der Waals surface area contributed by atoms with Gasteiger partial charge in [-0.2, -0.15) is 9.40 Å². The molecule has 3 heterocycles. The van der Waals surface area contributed by atoms with Gasteiger partial charge in [0, 0.05) is 19.1 Å². The Hall–Kier alpha value is -0.920. The molecule has 1 aromatic rings. The minimum absolute atomic E-state index is 0.137. The maximum Gasteiger partial charge on any atom is 0.246 e. The van der Waals surface area contributed by atoms with E-state index in [0.717, 1.165) is 44.5 Å². The highest BCUT2D eigenvalue weighted by Crippen LogP contribution is 2.32. The molecule has 6 nitrogen and oxygen atoms in total. The summed E-state index contributed by atoms with van der Waals surface area (Å²) in [6, 6.07) is 0.137. The van der Waals surface area contributed by atoms with E-state index in [2.05, 4.69) is 10.4 Å². The molecule has 2 aliphatic rings. The third kappa shape index (κ3) is 2.70. The molecule has 2 saturated heterocycles. The number of nitrogens with one attached hydrogen (secondary N) is 1. The second-order valence-electron chi connectivity index (χ2n) is 6.34. The maximum absolute atomic E-state index is 13.2. The average molecular weight is 326 g/mol. The summed E-state index contributed by atoms with van der Waals surface area (Å²) in [6.07, 6.45) is 5.62. The van der Waals surface area contributed by atoms with Crippen molar-refractivity contribution in [2.24, 2.45) is 5.92 Å². The Kier molecular flexibility index (Phi) is 4.56. The fourth-order valence-electron chi connectivity index (χ4n) is 3.85. The van der Waals surface area contributed by atoms with Gasteiger partial charge in [0.15, 0.2) is 0 Å². The van der Waals surface area contributed by atoms with Crippen molar-refractivity contribution in [1.29, 1.82) is 0 Å². The van der Waals surface area contributed by atoms with Crippen molar-refractivity contribution in [2.75, 3.05) is 19.6 Å². The van der Waals surface area contributed by atoms with Crippen LogP contribution in [-0.4, -0.2) is 48.2 Å². The second-order valence-corrected chi connectivity index (χ2v) is 8.20. The Balaban J connectivity index is 1.96. The van der Waals surface area contributed by atoms with Crippen molar-refractivity contribution < 1.29 is 8.42 Å². The van der Waals surface area contributed by atoms with Crippen LogP contribution in [0.4, 0.5) is 0 Å². The summed E-state index contributed by atoms with van der Waals surface area (Å²) in [5.74, 6) is 0.438. The largest absolute Gasteiger partial charge is 0.316 e. The summed E-state index contributed by atoms with van der Waals surface area (Å²) in [7, 11) is -3.45. The monoisotopic (exact) mass is 326 g/mol. The van der Waals surface area contributed by atoms with Crippen LogP contribution >= 0.6 is 0 Å². The standard InChI is InChI=1S/C15H26N4O2S/c1-3-18-12(2)15(11-17-18)22(20,21)19-9-5-4-6-13-10-16-8-7-14(13)19/h11,13-14,16H,3-10H2,1-2H3/t13-,14+/m0/s1. The Bertz CT molecular complexity index is 625. The quantitative estimate of drug-likeness (QED) is 0.911. The third-order valence-corrected chi connectivity index (χ3v) is 7.11. The fourth-order valence-corrected chi connectivity index (χ4v) is 5.76. The average Bonchev–Trinajstić information content (AvgIpc) is 2.76. The molecule has 0 aliphatic carbocycles. The molecule has 0 radical (unpaired) electrons. The number of nitrogens with zero attached hydrogens (tertiary/aromatic N) is 3. The first-order valence-corrected chi connectivity index (χ1v) is 9.74. The first-order chi connectivity index (χ1) is 10.6. The normalized spacial score (nSPS) is 27.4. The molecule has 3 rings (SSSR count). The number of sulfonamides is 1. The highest BCUT2D eigenvalue weighted by Gasteiger charge is 2.39. The number of aromatic nitrogens is 2. The molecule has 0 amide bonds. The van der Waals surface area contributed by atoms with Gasteiger partial charge in [0.25, 0.3) is 0 Å². The van der Waals surface area contributed by atoms with Gasteiger partial charge in [0.2, 0.25) is 10.0 Å². The highest BCUT2D eigenvalue weighted by atomic mass is 32.2. The van der Waals surface area contributed by atoms with Crippen molar-refractivity contribution in [3.05, 3.63) is 11.9 Å². The fraction of sp³-hybridized carbons (Fsp3) is 0.800. The number of fused-ring (bicyclic) bond motifs is 1. The van der Waals surface area contributed by atoms with Crippen molar-refractivity contribution in [2.45, 2.75) is 57.0 Å². The van der Waals surface area contributed by atoms with Crippen LogP contribution in [0, 0.1) is 12.8 Å². The molecule has 7 heteroatoms. The van der Waals surface area contributed by atoms with Crippen LogP contribution in [0.1, 0.15) is 38.3 Å². The summed E-state index contributed by atoms with van der Waals surface area (Å²) >= 11 is 0. The van der Waals surface area contributed by atoms with E-state index in [-0.39, 0.29) is 6.04 Å². The van der Waals surface area contributed by atoms with Gasteiger partial charge >= 0.3 is 0 Å². The molecule has 1 aromatic heterocycles. The van der Waals surface area contributed by atoms with Crippen LogP contribution in [0.15, 0.2) is 11.1 Å². The number of hydrogen-bond acceptors (Lipinski definition) is 4. The zero-order valence-corrected chi connectivity index (χ0v) is 14.3. The predicted octanol–water partition coefficient (Wildman–Crippen LogP) is 1.36. The van der Waals surface area contributed by atoms with Gasteiger partial charge in [-0.05, 0) is 52.1 Å². The van der Waals surface area contributed by atoms with E-state index in [9.17, 15) is 8.42 Å². The molecule has 22 heavy (non-hydrogen) atoms. The van der Waals surface area contributed by atoms with Crippen molar-refractivity contribution in [3.63, 3.8) is 0 Å². The number of hydrogen-bond donors (Lipinski definition) is 1. The van der Waals surface area contributed by atoms with Gasteiger partial charge < -0.3 is 5.32 Å². The van der Waals surface area contributed by atoms with Crippen LogP contribution in [0.3, 0.4) is 0 Å². The maximum atomic E-state index is 13.2. The highest BCUT2D eigenvalue weighted by molar-refractivity contribution is 7.89. The summed E-state index contributed by atoms with van der Waals surface area (Å²) < 4.78 is 29.9. The first-order valence-electron chi connectivity index (χ1n) is 8.30. The van der Waals surface area contributed by atoms with Gasteiger partial charge in [-0.25, -0.2) is 8.42 Å². The third-order valence-electron chi connectivity index (χ3n) is 5.09. The first kappa shape index (κ1) is 16.0. The lowest BCUT2D eigenvalue weighted by atomic mass is 9.90. The molecule has 0 aromatic carbocycles. The Morgan fingerprint density at radius 1 is 1.36 bits per heavy atom.